The summed E-state index contributed by atoms with van der Waals surface area (Å²) in [6, 6.07) is 4.69. The maximum absolute atomic E-state index is 13.4. The molecular weight excluding hydrogens is 253 g/mol. The second-order valence-corrected chi connectivity index (χ2v) is 4.73. The van der Waals surface area contributed by atoms with Gasteiger partial charge in [0, 0.05) is 12.0 Å². The van der Waals surface area contributed by atoms with E-state index in [4.69, 9.17) is 5.73 Å². The van der Waals surface area contributed by atoms with Gasteiger partial charge in [-0.2, -0.15) is 9.61 Å². The van der Waals surface area contributed by atoms with E-state index in [0.717, 1.165) is 12.2 Å². The van der Waals surface area contributed by atoms with Crippen molar-refractivity contribution in [1.29, 1.82) is 0 Å². The Morgan fingerprint density at radius 2 is 2.22 bits per heavy atom. The van der Waals surface area contributed by atoms with Crippen LogP contribution in [0, 0.1) is 5.82 Å². The predicted molar refractivity (Wildman–Crippen MR) is 67.8 cm³/mol. The van der Waals surface area contributed by atoms with E-state index in [0.29, 0.717) is 15.5 Å². The molecule has 7 heteroatoms. The lowest BCUT2D eigenvalue weighted by Gasteiger charge is -2.01. The second-order valence-electron chi connectivity index (χ2n) is 3.77. The molecule has 2 aromatic heterocycles. The highest BCUT2D eigenvalue weighted by atomic mass is 32.1. The molecule has 2 heterocycles. The molecule has 0 aliphatic heterocycles. The molecule has 92 valence electrons. The molecule has 0 bridgehead atoms. The van der Waals surface area contributed by atoms with Gasteiger partial charge >= 0.3 is 0 Å². The highest BCUT2D eigenvalue weighted by Gasteiger charge is 2.14. The van der Waals surface area contributed by atoms with Crippen molar-refractivity contribution < 1.29 is 4.39 Å². The molecule has 0 radical (unpaired) electrons. The van der Waals surface area contributed by atoms with E-state index < -0.39 is 5.82 Å². The van der Waals surface area contributed by atoms with Crippen molar-refractivity contribution in [3.05, 3.63) is 29.8 Å². The smallest absolute Gasteiger partial charge is 0.234 e. The summed E-state index contributed by atoms with van der Waals surface area (Å²) in [4.78, 5) is 0.686. The van der Waals surface area contributed by atoms with Gasteiger partial charge in [-0.25, -0.2) is 4.39 Å². The number of nitrogens with zero attached hydrogens (tertiary/aromatic N) is 4. The van der Waals surface area contributed by atoms with Gasteiger partial charge in [0.2, 0.25) is 4.96 Å². The first kappa shape index (κ1) is 11.1. The Labute approximate surface area is 106 Å². The van der Waals surface area contributed by atoms with Gasteiger partial charge in [-0.3, -0.25) is 0 Å². The number of hydrogen-bond acceptors (Lipinski definition) is 5. The Kier molecular flexibility index (Phi) is 2.48. The fraction of sp³-hybridized carbons (Fsp3) is 0.182. The zero-order valence-electron chi connectivity index (χ0n) is 9.59. The number of rotatable bonds is 2. The number of nitrogens with two attached hydrogens (primary N) is 1. The van der Waals surface area contributed by atoms with E-state index in [9.17, 15) is 4.39 Å². The molecular formula is C11H10FN5S. The van der Waals surface area contributed by atoms with Crippen molar-refractivity contribution in [3.8, 4) is 10.6 Å². The Morgan fingerprint density at radius 1 is 1.39 bits per heavy atom. The Hall–Kier alpha value is -2.02. The van der Waals surface area contributed by atoms with Crippen LogP contribution in [0.5, 0.6) is 0 Å². The van der Waals surface area contributed by atoms with Crippen molar-refractivity contribution in [2.75, 3.05) is 5.73 Å². The van der Waals surface area contributed by atoms with Crippen LogP contribution in [0.15, 0.2) is 18.2 Å². The summed E-state index contributed by atoms with van der Waals surface area (Å²) in [6.45, 7) is 1.98. The number of fused-ring (bicyclic) bond motifs is 1. The van der Waals surface area contributed by atoms with Gasteiger partial charge in [0.25, 0.3) is 0 Å². The molecule has 0 amide bonds. The lowest BCUT2D eigenvalue weighted by molar-refractivity contribution is 0.633. The minimum absolute atomic E-state index is 0.112. The third-order valence-corrected chi connectivity index (χ3v) is 3.59. The number of para-hydroxylation sites is 1. The van der Waals surface area contributed by atoms with Crippen LogP contribution in [-0.4, -0.2) is 19.8 Å². The van der Waals surface area contributed by atoms with Gasteiger partial charge in [0.05, 0.1) is 5.69 Å². The second kappa shape index (κ2) is 4.02. The molecule has 0 spiro atoms. The van der Waals surface area contributed by atoms with Crippen LogP contribution in [0.2, 0.25) is 0 Å². The predicted octanol–water partition coefficient (Wildman–Crippen LogP) is 2.14. The molecule has 3 rings (SSSR count). The lowest BCUT2D eigenvalue weighted by Crippen LogP contribution is -1.96. The highest BCUT2D eigenvalue weighted by molar-refractivity contribution is 7.19. The fourth-order valence-electron chi connectivity index (χ4n) is 1.71. The van der Waals surface area contributed by atoms with Crippen LogP contribution < -0.4 is 5.73 Å². The molecule has 0 saturated carbocycles. The molecule has 5 nitrogen and oxygen atoms in total. The molecule has 0 unspecified atom stereocenters. The Bertz CT molecular complexity index is 717. The van der Waals surface area contributed by atoms with Gasteiger partial charge in [-0.15, -0.1) is 10.2 Å². The van der Waals surface area contributed by atoms with Crippen molar-refractivity contribution in [2.45, 2.75) is 13.3 Å². The lowest BCUT2D eigenvalue weighted by atomic mass is 10.2. The van der Waals surface area contributed by atoms with Crippen LogP contribution in [0.3, 0.4) is 0 Å². The summed E-state index contributed by atoms with van der Waals surface area (Å²) in [5.41, 5.74) is 6.42. The molecule has 18 heavy (non-hydrogen) atoms. The van der Waals surface area contributed by atoms with Crippen LogP contribution in [0.1, 0.15) is 12.7 Å². The third kappa shape index (κ3) is 1.55. The summed E-state index contributed by atoms with van der Waals surface area (Å²) in [6.07, 6.45) is 0.739. The molecule has 1 aromatic carbocycles. The average molecular weight is 263 g/mol. The van der Waals surface area contributed by atoms with Crippen molar-refractivity contribution in [1.82, 2.24) is 19.8 Å². The molecule has 0 fully saturated rings. The highest BCUT2D eigenvalue weighted by Crippen LogP contribution is 2.31. The third-order valence-electron chi connectivity index (χ3n) is 2.65. The number of aryl methyl sites for hydroxylation is 1. The molecule has 0 aliphatic rings. The summed E-state index contributed by atoms with van der Waals surface area (Å²) in [7, 11) is 0. The summed E-state index contributed by atoms with van der Waals surface area (Å²) < 4.78 is 15.1. The van der Waals surface area contributed by atoms with Crippen molar-refractivity contribution in [3.63, 3.8) is 0 Å². The quantitative estimate of drug-likeness (QED) is 0.719. The first-order valence-corrected chi connectivity index (χ1v) is 6.28. The van der Waals surface area contributed by atoms with Crippen LogP contribution in [-0.2, 0) is 6.42 Å². The SMILES string of the molecule is CCc1nnc2sc(-c3cccc(F)c3N)nn12. The van der Waals surface area contributed by atoms with E-state index in [1.165, 1.54) is 17.4 Å². The largest absolute Gasteiger partial charge is 0.396 e. The summed E-state index contributed by atoms with van der Waals surface area (Å²) >= 11 is 1.34. The van der Waals surface area contributed by atoms with E-state index in [2.05, 4.69) is 15.3 Å². The Balaban J connectivity index is 2.19. The standard InChI is InChI=1S/C11H10FN5S/c1-2-8-14-15-11-17(8)16-10(18-11)6-4-3-5-7(12)9(6)13/h3-5H,2,13H2,1H3. The molecule has 3 aromatic rings. The van der Waals surface area contributed by atoms with E-state index >= 15 is 0 Å². The van der Waals surface area contributed by atoms with Gasteiger partial charge in [0.15, 0.2) is 5.82 Å². The van der Waals surface area contributed by atoms with Crippen LogP contribution in [0.25, 0.3) is 15.5 Å². The van der Waals surface area contributed by atoms with Gasteiger partial charge in [-0.05, 0) is 12.1 Å². The topological polar surface area (TPSA) is 69.1 Å². The maximum Gasteiger partial charge on any atom is 0.234 e. The fourth-order valence-corrected chi connectivity index (χ4v) is 2.61. The van der Waals surface area contributed by atoms with Gasteiger partial charge < -0.3 is 5.73 Å². The van der Waals surface area contributed by atoms with Crippen molar-refractivity contribution in [2.24, 2.45) is 0 Å². The Morgan fingerprint density at radius 3 is 3.00 bits per heavy atom. The van der Waals surface area contributed by atoms with Gasteiger partial charge in [-0.1, -0.05) is 24.3 Å². The molecule has 0 aliphatic carbocycles. The monoisotopic (exact) mass is 263 g/mol. The number of halogens is 1. The summed E-state index contributed by atoms with van der Waals surface area (Å²) in [5, 5.41) is 13.1. The number of aromatic nitrogens is 4. The minimum Gasteiger partial charge on any atom is -0.396 e. The van der Waals surface area contributed by atoms with E-state index in [1.54, 1.807) is 16.6 Å². The van der Waals surface area contributed by atoms with E-state index in [-0.39, 0.29) is 5.69 Å². The normalized spacial score (nSPS) is 11.2. The van der Waals surface area contributed by atoms with Crippen molar-refractivity contribution >= 4 is 22.0 Å². The number of benzene rings is 1. The van der Waals surface area contributed by atoms with E-state index in [1.807, 2.05) is 6.92 Å². The number of nitrogen functional groups attached to an aromatic ring is 1. The minimum atomic E-state index is -0.436. The first-order chi connectivity index (χ1) is 8.70. The van der Waals surface area contributed by atoms with Gasteiger partial charge in [0.1, 0.15) is 10.8 Å². The summed E-state index contributed by atoms with van der Waals surface area (Å²) in [5.74, 6) is 0.344. The maximum atomic E-state index is 13.4. The average Bonchev–Trinajstić information content (AvgIpc) is 2.92. The number of anilines is 1. The first-order valence-electron chi connectivity index (χ1n) is 5.46. The van der Waals surface area contributed by atoms with Crippen LogP contribution >= 0.6 is 11.3 Å². The van der Waals surface area contributed by atoms with Crippen LogP contribution in [0.4, 0.5) is 10.1 Å². The zero-order valence-corrected chi connectivity index (χ0v) is 10.4. The molecule has 0 atom stereocenters. The molecule has 2 N–H and O–H groups in total. The zero-order chi connectivity index (χ0) is 12.7. The molecule has 0 saturated heterocycles. The number of hydrogen-bond donors (Lipinski definition) is 1.